The Morgan fingerprint density at radius 2 is 0.697 bits per heavy atom. The summed E-state index contributed by atoms with van der Waals surface area (Å²) in [7, 11) is 1.21. The van der Waals surface area contributed by atoms with Gasteiger partial charge in [-0.05, 0) is 122 Å². The number of phosphoric acid groups is 1. The fraction of sp³-hybridized carbons (Fsp3) is 0.662. The largest absolute Gasteiger partial charge is 0.756 e. The Hall–Kier alpha value is -3.88. The van der Waals surface area contributed by atoms with Gasteiger partial charge >= 0.3 is 0 Å². The molecule has 0 heterocycles. The van der Waals surface area contributed by atoms with Crippen LogP contribution < -0.4 is 10.2 Å². The highest BCUT2D eigenvalue weighted by molar-refractivity contribution is 7.45. The summed E-state index contributed by atoms with van der Waals surface area (Å²) in [4.78, 5) is 25.6. The van der Waals surface area contributed by atoms with E-state index in [4.69, 9.17) is 9.05 Å². The number of unbranched alkanes of at least 4 members (excludes halogenated alkanes) is 28. The maximum Gasteiger partial charge on any atom is 0.268 e. The monoisotopic (exact) mass is 1250 g/mol. The molecule has 0 bridgehead atoms. The summed E-state index contributed by atoms with van der Waals surface area (Å²) >= 11 is 0. The van der Waals surface area contributed by atoms with Crippen LogP contribution >= 0.6 is 7.82 Å². The molecule has 0 spiro atoms. The van der Waals surface area contributed by atoms with Crippen molar-refractivity contribution in [2.24, 2.45) is 0 Å². The van der Waals surface area contributed by atoms with Crippen molar-refractivity contribution in [3.63, 3.8) is 0 Å². The Morgan fingerprint density at radius 1 is 0.404 bits per heavy atom. The summed E-state index contributed by atoms with van der Waals surface area (Å²) in [5.41, 5.74) is 0. The first-order chi connectivity index (χ1) is 43.5. The summed E-state index contributed by atoms with van der Waals surface area (Å²) in [5.74, 6) is -0.230. The van der Waals surface area contributed by atoms with Crippen LogP contribution in [0.1, 0.15) is 290 Å². The second-order valence-electron chi connectivity index (χ2n) is 25.2. The molecule has 0 fully saturated rings. The summed E-state index contributed by atoms with van der Waals surface area (Å²) in [6, 6.07) is -0.932. The van der Waals surface area contributed by atoms with E-state index in [2.05, 4.69) is 165 Å². The van der Waals surface area contributed by atoms with Crippen LogP contribution in [0.25, 0.3) is 0 Å². The van der Waals surface area contributed by atoms with Crippen molar-refractivity contribution < 1.29 is 32.9 Å². The quantitative estimate of drug-likeness (QED) is 0.0272. The molecule has 0 saturated heterocycles. The number of carbonyl (C=O) groups is 1. The van der Waals surface area contributed by atoms with Gasteiger partial charge in [0.2, 0.25) is 5.91 Å². The maximum atomic E-state index is 13.0. The number of aliphatic hydroxyl groups excluding tert-OH is 1. The zero-order chi connectivity index (χ0) is 64.8. The predicted molar refractivity (Wildman–Crippen MR) is 389 cm³/mol. The Balaban J connectivity index is 4.23. The molecule has 0 aliphatic carbocycles. The number of likely N-dealkylation sites (N-methyl/N-ethyl adjacent to an activating group) is 1. The molecule has 0 aliphatic rings. The highest BCUT2D eigenvalue weighted by atomic mass is 31.2. The van der Waals surface area contributed by atoms with Crippen LogP contribution in [0.4, 0.5) is 0 Å². The van der Waals surface area contributed by atoms with E-state index in [1.807, 2.05) is 27.2 Å². The molecule has 0 radical (unpaired) electrons. The molecular weight excluding hydrogens is 1120 g/mol. The number of carbonyl (C=O) groups excluding carboxylic acids is 1. The van der Waals surface area contributed by atoms with E-state index in [0.717, 1.165) is 135 Å². The third-order valence-corrected chi connectivity index (χ3v) is 16.4. The van der Waals surface area contributed by atoms with Crippen molar-refractivity contribution in [3.8, 4) is 0 Å². The van der Waals surface area contributed by atoms with E-state index in [-0.39, 0.29) is 12.5 Å². The zero-order valence-electron chi connectivity index (χ0n) is 58.1. The van der Waals surface area contributed by atoms with Gasteiger partial charge in [-0.3, -0.25) is 9.36 Å². The van der Waals surface area contributed by atoms with Crippen molar-refractivity contribution in [2.75, 3.05) is 40.9 Å². The number of nitrogens with zero attached hydrogens (tertiary/aromatic N) is 1. The van der Waals surface area contributed by atoms with Gasteiger partial charge in [0.05, 0.1) is 39.9 Å². The number of allylic oxidation sites excluding steroid dienone is 25. The molecule has 3 unspecified atom stereocenters. The summed E-state index contributed by atoms with van der Waals surface area (Å²) in [6.45, 7) is 4.50. The number of rotatable bonds is 65. The van der Waals surface area contributed by atoms with E-state index < -0.39 is 26.6 Å². The fourth-order valence-electron chi connectivity index (χ4n) is 9.86. The van der Waals surface area contributed by atoms with Gasteiger partial charge in [-0.15, -0.1) is 0 Å². The minimum absolute atomic E-state index is 0.0205. The van der Waals surface area contributed by atoms with E-state index in [1.165, 1.54) is 135 Å². The molecule has 0 aromatic rings. The number of quaternary nitrogens is 1. The van der Waals surface area contributed by atoms with Crippen molar-refractivity contribution in [3.05, 3.63) is 158 Å². The van der Waals surface area contributed by atoms with Crippen LogP contribution in [0.2, 0.25) is 0 Å². The van der Waals surface area contributed by atoms with Gasteiger partial charge in [-0.2, -0.15) is 0 Å². The van der Waals surface area contributed by atoms with Gasteiger partial charge < -0.3 is 28.8 Å². The van der Waals surface area contributed by atoms with Crippen LogP contribution in [0.3, 0.4) is 0 Å². The average Bonchev–Trinajstić information content (AvgIpc) is 3.57. The normalized spacial score (nSPS) is 14.6. The van der Waals surface area contributed by atoms with Gasteiger partial charge in [-0.25, -0.2) is 0 Å². The minimum atomic E-state index is -4.63. The fourth-order valence-corrected chi connectivity index (χ4v) is 10.6. The van der Waals surface area contributed by atoms with E-state index in [9.17, 15) is 19.4 Å². The smallest absolute Gasteiger partial charge is 0.268 e. The molecule has 89 heavy (non-hydrogen) atoms. The lowest BCUT2D eigenvalue weighted by atomic mass is 10.0. The minimum Gasteiger partial charge on any atom is -0.756 e. The van der Waals surface area contributed by atoms with Crippen LogP contribution in [-0.4, -0.2) is 68.5 Å². The molecule has 1 amide bonds. The molecule has 0 aromatic carbocycles. The molecular formula is C80H137N2O6P. The second kappa shape index (κ2) is 68.5. The van der Waals surface area contributed by atoms with Crippen LogP contribution in [-0.2, 0) is 18.4 Å². The number of hydrogen-bond acceptors (Lipinski definition) is 6. The Labute approximate surface area is 550 Å². The molecule has 8 nitrogen and oxygen atoms in total. The Kier molecular flexibility index (Phi) is 65.5. The molecule has 2 N–H and O–H groups in total. The highest BCUT2D eigenvalue weighted by Crippen LogP contribution is 2.38. The first-order valence-electron chi connectivity index (χ1n) is 36.3. The molecule has 0 aromatic heterocycles. The Morgan fingerprint density at radius 3 is 1.04 bits per heavy atom. The van der Waals surface area contributed by atoms with Crippen molar-refractivity contribution in [1.29, 1.82) is 0 Å². The van der Waals surface area contributed by atoms with Crippen LogP contribution in [0.5, 0.6) is 0 Å². The standard InChI is InChI=1S/C80H137N2O6P/c1-6-8-10-12-14-16-18-20-22-24-26-28-30-32-34-36-38-39-40-41-42-43-44-46-48-50-52-54-56-58-60-62-64-66-68-70-72-74-80(84)81-78(77-88-89(85,86)87-76-75-82(3,4)5)79(83)73-71-69-67-65-63-61-59-57-55-53-51-49-47-45-37-35-33-31-29-27-25-23-21-19-17-15-13-11-9-7-2/h8,10,14,16,20,22,26,28,32,34,38-39,41-42,44,46,50,52,55-58,63,65,71,73,78-79,83H,6-7,9,11-13,15,17-19,21,23-25,27,29-31,33,35-37,40,43,45,47-49,51,53-54,59-62,64,66-70,72,74-77H2,1-5H3,(H-,81,84,85,86)/b10-8-,16-14-,22-20-,28-26-,34-32-,39-38-,42-41-,46-44-,52-50-,57-55+,58-56-,65-63+,73-71+. The maximum absolute atomic E-state index is 13.0. The summed E-state index contributed by atoms with van der Waals surface area (Å²) < 4.78 is 23.4. The summed E-state index contributed by atoms with van der Waals surface area (Å²) in [5, 5.41) is 13.9. The Bertz CT molecular complexity index is 2010. The molecule has 0 rings (SSSR count). The van der Waals surface area contributed by atoms with Crippen LogP contribution in [0.15, 0.2) is 158 Å². The molecule has 0 aliphatic heterocycles. The first-order valence-corrected chi connectivity index (χ1v) is 37.8. The summed E-state index contributed by atoms with van der Waals surface area (Å²) in [6.07, 6.45) is 107. The molecule has 9 heteroatoms. The SMILES string of the molecule is CC/C=C\C/C=C\C/C=C\C/C=C\C/C=C\C/C=C\C/C=C\C/C=C\C/C=C\C/C=C\CCCCCCCCC(=O)NC(COP(=O)([O-])OCC[N+](C)(C)C)C(O)/C=C/CC/C=C/CC/C=C/CCCCCCCCCCCCCCCCCCCCCC. The molecule has 508 valence electrons. The van der Waals surface area contributed by atoms with Crippen molar-refractivity contribution >= 4 is 13.7 Å². The lowest BCUT2D eigenvalue weighted by Crippen LogP contribution is -2.45. The van der Waals surface area contributed by atoms with Gasteiger partial charge in [0.1, 0.15) is 13.2 Å². The van der Waals surface area contributed by atoms with Gasteiger partial charge in [-0.1, -0.05) is 320 Å². The lowest BCUT2D eigenvalue weighted by Gasteiger charge is -2.29. The molecule has 0 saturated carbocycles. The predicted octanol–water partition coefficient (Wildman–Crippen LogP) is 23.1. The average molecular weight is 1250 g/mol. The number of aliphatic hydroxyl groups is 1. The van der Waals surface area contributed by atoms with Crippen LogP contribution in [0, 0.1) is 0 Å². The van der Waals surface area contributed by atoms with E-state index >= 15 is 0 Å². The van der Waals surface area contributed by atoms with Crippen molar-refractivity contribution in [1.82, 2.24) is 5.32 Å². The third kappa shape index (κ3) is 71.4. The highest BCUT2D eigenvalue weighted by Gasteiger charge is 2.23. The topological polar surface area (TPSA) is 108 Å². The van der Waals surface area contributed by atoms with Gasteiger partial charge in [0, 0.05) is 6.42 Å². The number of hydrogen-bond donors (Lipinski definition) is 2. The number of amides is 1. The molecule has 3 atom stereocenters. The van der Waals surface area contributed by atoms with E-state index in [0.29, 0.717) is 17.4 Å². The second-order valence-corrected chi connectivity index (χ2v) is 26.6. The van der Waals surface area contributed by atoms with Crippen molar-refractivity contribution in [2.45, 2.75) is 302 Å². The van der Waals surface area contributed by atoms with Gasteiger partial charge in [0.25, 0.3) is 7.82 Å². The first kappa shape index (κ1) is 85.1. The van der Waals surface area contributed by atoms with E-state index in [1.54, 1.807) is 6.08 Å². The third-order valence-electron chi connectivity index (χ3n) is 15.4. The number of nitrogens with one attached hydrogen (secondary N) is 1. The van der Waals surface area contributed by atoms with Gasteiger partial charge in [0.15, 0.2) is 0 Å². The lowest BCUT2D eigenvalue weighted by molar-refractivity contribution is -0.870. The zero-order valence-corrected chi connectivity index (χ0v) is 59.0. The number of phosphoric ester groups is 1.